The van der Waals surface area contributed by atoms with Gasteiger partial charge in [0, 0.05) is 38.4 Å². The van der Waals surface area contributed by atoms with E-state index in [1.807, 2.05) is 17.9 Å². The minimum Gasteiger partial charge on any atom is -0.492 e. The van der Waals surface area contributed by atoms with Crippen molar-refractivity contribution in [2.45, 2.75) is 32.4 Å². The molecule has 5 heteroatoms. The van der Waals surface area contributed by atoms with Crippen molar-refractivity contribution in [1.29, 1.82) is 0 Å². The number of hydrogen-bond donors (Lipinski definition) is 0. The molecule has 0 bridgehead atoms. The minimum absolute atomic E-state index is 0.773. The molecule has 0 atom stereocenters. The third-order valence-corrected chi connectivity index (χ3v) is 4.69. The third kappa shape index (κ3) is 5.87. The monoisotopic (exact) mass is 342 g/mol. The van der Waals surface area contributed by atoms with Crippen LogP contribution in [0.1, 0.15) is 30.4 Å². The maximum atomic E-state index is 5.98. The molecule has 1 aromatic carbocycles. The second-order valence-corrected chi connectivity index (χ2v) is 7.09. The molecule has 0 saturated carbocycles. The molecule has 0 N–H and O–H groups in total. The molecule has 0 radical (unpaired) electrons. The van der Waals surface area contributed by atoms with Crippen molar-refractivity contribution in [1.82, 2.24) is 19.6 Å². The lowest BCUT2D eigenvalue weighted by Crippen LogP contribution is -2.33. The fourth-order valence-corrected chi connectivity index (χ4v) is 3.44. The highest BCUT2D eigenvalue weighted by Crippen LogP contribution is 2.16. The van der Waals surface area contributed by atoms with Crippen LogP contribution in [0.15, 0.2) is 36.7 Å². The number of nitrogens with zero attached hydrogens (tertiary/aromatic N) is 4. The summed E-state index contributed by atoms with van der Waals surface area (Å²) in [6.07, 6.45) is 8.04. The Kier molecular flexibility index (Phi) is 6.48. The van der Waals surface area contributed by atoms with Crippen molar-refractivity contribution in [2.24, 2.45) is 7.05 Å². The van der Waals surface area contributed by atoms with Crippen molar-refractivity contribution < 1.29 is 4.74 Å². The van der Waals surface area contributed by atoms with Gasteiger partial charge in [0.05, 0.1) is 6.20 Å². The van der Waals surface area contributed by atoms with Gasteiger partial charge in [0.2, 0.25) is 0 Å². The molecule has 0 aliphatic carbocycles. The molecule has 25 heavy (non-hydrogen) atoms. The fraction of sp³-hybridized carbons (Fsp3) is 0.550. The van der Waals surface area contributed by atoms with E-state index in [4.69, 9.17) is 4.74 Å². The van der Waals surface area contributed by atoms with E-state index in [-0.39, 0.29) is 0 Å². The number of hydrogen-bond acceptors (Lipinski definition) is 4. The van der Waals surface area contributed by atoms with Crippen molar-refractivity contribution >= 4 is 0 Å². The Labute approximate surface area is 151 Å². The molecule has 1 aliphatic rings. The first-order chi connectivity index (χ1) is 12.2. The average Bonchev–Trinajstić information content (AvgIpc) is 3.01. The molecule has 0 spiro atoms. The minimum atomic E-state index is 0.773. The van der Waals surface area contributed by atoms with Crippen LogP contribution in [-0.2, 0) is 20.1 Å². The van der Waals surface area contributed by atoms with Gasteiger partial charge in [-0.3, -0.25) is 14.5 Å². The summed E-state index contributed by atoms with van der Waals surface area (Å²) >= 11 is 0. The predicted molar refractivity (Wildman–Crippen MR) is 101 cm³/mol. The van der Waals surface area contributed by atoms with Crippen LogP contribution >= 0.6 is 0 Å². The third-order valence-electron chi connectivity index (χ3n) is 4.69. The lowest BCUT2D eigenvalue weighted by Gasteiger charge is -2.26. The quantitative estimate of drug-likeness (QED) is 0.739. The van der Waals surface area contributed by atoms with E-state index in [0.717, 1.165) is 32.0 Å². The molecule has 136 valence electrons. The largest absolute Gasteiger partial charge is 0.492 e. The molecule has 1 aromatic heterocycles. The van der Waals surface area contributed by atoms with Crippen LogP contribution in [-0.4, -0.2) is 52.9 Å². The van der Waals surface area contributed by atoms with Gasteiger partial charge in [-0.25, -0.2) is 0 Å². The molecule has 0 unspecified atom stereocenters. The molecule has 2 aromatic rings. The second-order valence-electron chi connectivity index (χ2n) is 7.09. The summed E-state index contributed by atoms with van der Waals surface area (Å²) in [7, 11) is 4.09. The van der Waals surface area contributed by atoms with Crippen LogP contribution in [0.2, 0.25) is 0 Å². The van der Waals surface area contributed by atoms with Gasteiger partial charge >= 0.3 is 0 Å². The highest BCUT2D eigenvalue weighted by Gasteiger charge is 2.10. The van der Waals surface area contributed by atoms with Crippen LogP contribution in [0.3, 0.4) is 0 Å². The molecule has 1 saturated heterocycles. The Bertz CT molecular complexity index is 649. The SMILES string of the molecule is CN(Cc1cccc(OCCN2CCCCC2)c1)Cc1cnn(C)c1. The predicted octanol–water partition coefficient (Wildman–Crippen LogP) is 2.92. The maximum absolute atomic E-state index is 5.98. The molecule has 3 rings (SSSR count). The summed E-state index contributed by atoms with van der Waals surface area (Å²) in [6.45, 7) is 6.05. The van der Waals surface area contributed by atoms with Gasteiger partial charge in [-0.2, -0.15) is 5.10 Å². The summed E-state index contributed by atoms with van der Waals surface area (Å²) in [5, 5.41) is 4.23. The van der Waals surface area contributed by atoms with Crippen molar-refractivity contribution in [3.8, 4) is 5.75 Å². The highest BCUT2D eigenvalue weighted by molar-refractivity contribution is 5.28. The lowest BCUT2D eigenvalue weighted by atomic mass is 10.1. The normalized spacial score (nSPS) is 15.6. The van der Waals surface area contributed by atoms with Crippen LogP contribution in [0.25, 0.3) is 0 Å². The van der Waals surface area contributed by atoms with Gasteiger partial charge in [0.1, 0.15) is 12.4 Å². The molecule has 5 nitrogen and oxygen atoms in total. The molecule has 1 fully saturated rings. The van der Waals surface area contributed by atoms with E-state index in [0.29, 0.717) is 0 Å². The number of aryl methyl sites for hydroxylation is 1. The Morgan fingerprint density at radius 2 is 1.92 bits per heavy atom. The summed E-state index contributed by atoms with van der Waals surface area (Å²) in [5.74, 6) is 0.976. The highest BCUT2D eigenvalue weighted by atomic mass is 16.5. The Hall–Kier alpha value is -1.85. The number of ether oxygens (including phenoxy) is 1. The zero-order chi connectivity index (χ0) is 17.5. The van der Waals surface area contributed by atoms with Crippen LogP contribution < -0.4 is 4.74 Å². The van der Waals surface area contributed by atoms with Gasteiger partial charge in [0.15, 0.2) is 0 Å². The lowest BCUT2D eigenvalue weighted by molar-refractivity contribution is 0.183. The molecular weight excluding hydrogens is 312 g/mol. The van der Waals surface area contributed by atoms with Crippen LogP contribution in [0.5, 0.6) is 5.75 Å². The Morgan fingerprint density at radius 1 is 1.12 bits per heavy atom. The van der Waals surface area contributed by atoms with Gasteiger partial charge in [-0.1, -0.05) is 18.6 Å². The standard InChI is InChI=1S/C20H30N4O/c1-22(16-19-14-21-23(2)17-19)15-18-7-6-8-20(13-18)25-12-11-24-9-4-3-5-10-24/h6-8,13-14,17H,3-5,9-12,15-16H2,1-2H3. The van der Waals surface area contributed by atoms with E-state index in [2.05, 4.69) is 52.4 Å². The van der Waals surface area contributed by atoms with Crippen molar-refractivity contribution in [3.63, 3.8) is 0 Å². The van der Waals surface area contributed by atoms with E-state index in [9.17, 15) is 0 Å². The van der Waals surface area contributed by atoms with Gasteiger partial charge in [-0.15, -0.1) is 0 Å². The van der Waals surface area contributed by atoms with Gasteiger partial charge < -0.3 is 4.74 Å². The number of benzene rings is 1. The van der Waals surface area contributed by atoms with E-state index < -0.39 is 0 Å². The molecule has 0 amide bonds. The number of aromatic nitrogens is 2. The summed E-state index contributed by atoms with van der Waals surface area (Å²) < 4.78 is 7.83. The van der Waals surface area contributed by atoms with E-state index in [1.54, 1.807) is 0 Å². The first kappa shape index (κ1) is 18.0. The van der Waals surface area contributed by atoms with E-state index in [1.165, 1.54) is 43.5 Å². The van der Waals surface area contributed by atoms with Crippen molar-refractivity contribution in [3.05, 3.63) is 47.8 Å². The fourth-order valence-electron chi connectivity index (χ4n) is 3.44. The first-order valence-electron chi connectivity index (χ1n) is 9.29. The molecule has 2 heterocycles. The van der Waals surface area contributed by atoms with Crippen molar-refractivity contribution in [2.75, 3.05) is 33.3 Å². The smallest absolute Gasteiger partial charge is 0.119 e. The first-order valence-corrected chi connectivity index (χ1v) is 9.29. The molecular formula is C20H30N4O. The van der Waals surface area contributed by atoms with Gasteiger partial charge in [-0.05, 0) is 50.7 Å². The second kappa shape index (κ2) is 9.02. The zero-order valence-electron chi connectivity index (χ0n) is 15.5. The van der Waals surface area contributed by atoms with Gasteiger partial charge in [0.25, 0.3) is 0 Å². The summed E-state index contributed by atoms with van der Waals surface area (Å²) in [5.41, 5.74) is 2.51. The number of likely N-dealkylation sites (tertiary alicyclic amines) is 1. The van der Waals surface area contributed by atoms with Crippen LogP contribution in [0.4, 0.5) is 0 Å². The van der Waals surface area contributed by atoms with Crippen LogP contribution in [0, 0.1) is 0 Å². The number of piperidine rings is 1. The Morgan fingerprint density at radius 3 is 2.68 bits per heavy atom. The maximum Gasteiger partial charge on any atom is 0.119 e. The molecule has 1 aliphatic heterocycles. The zero-order valence-corrected chi connectivity index (χ0v) is 15.5. The topological polar surface area (TPSA) is 33.5 Å². The summed E-state index contributed by atoms with van der Waals surface area (Å²) in [4.78, 5) is 4.80. The van der Waals surface area contributed by atoms with E-state index >= 15 is 0 Å². The number of rotatable bonds is 8. The summed E-state index contributed by atoms with van der Waals surface area (Å²) in [6, 6.07) is 8.47. The average molecular weight is 342 g/mol. The Balaban J connectivity index is 1.45.